The first-order chi connectivity index (χ1) is 11.4. The summed E-state index contributed by atoms with van der Waals surface area (Å²) < 4.78 is 1.61. The number of nitrogen functional groups attached to an aromatic ring is 1. The number of aromatic nitrogens is 3. The van der Waals surface area contributed by atoms with Crippen molar-refractivity contribution in [1.29, 1.82) is 0 Å². The monoisotopic (exact) mass is 323 g/mol. The molecule has 0 saturated heterocycles. The van der Waals surface area contributed by atoms with Gasteiger partial charge in [-0.1, -0.05) is 18.7 Å². The number of nitrogens with zero attached hydrogens (tertiary/aromatic N) is 3. The van der Waals surface area contributed by atoms with Crippen LogP contribution >= 0.6 is 0 Å². The molecule has 0 aliphatic rings. The van der Waals surface area contributed by atoms with Crippen molar-refractivity contribution in [3.8, 4) is 11.4 Å². The number of benzene rings is 1. The van der Waals surface area contributed by atoms with Crippen molar-refractivity contribution in [2.75, 3.05) is 5.73 Å². The van der Waals surface area contributed by atoms with Crippen molar-refractivity contribution in [3.05, 3.63) is 47.4 Å². The zero-order valence-corrected chi connectivity index (χ0v) is 13.4. The Morgan fingerprint density at radius 2 is 2.08 bits per heavy atom. The number of rotatable bonds is 3. The predicted molar refractivity (Wildman–Crippen MR) is 93.0 cm³/mol. The minimum atomic E-state index is -0.665. The van der Waals surface area contributed by atoms with Gasteiger partial charge in [0.05, 0.1) is 16.6 Å². The Labute approximate surface area is 138 Å². The molecule has 24 heavy (non-hydrogen) atoms. The van der Waals surface area contributed by atoms with E-state index in [2.05, 4.69) is 16.5 Å². The molecule has 2 heterocycles. The third-order valence-electron chi connectivity index (χ3n) is 3.94. The molecule has 7 heteroatoms. The van der Waals surface area contributed by atoms with E-state index in [4.69, 9.17) is 11.5 Å². The fourth-order valence-corrected chi connectivity index (χ4v) is 2.86. The van der Waals surface area contributed by atoms with E-state index in [1.807, 2.05) is 6.92 Å². The van der Waals surface area contributed by atoms with Crippen molar-refractivity contribution in [3.63, 3.8) is 0 Å². The summed E-state index contributed by atoms with van der Waals surface area (Å²) in [5, 5.41) is 10.6. The van der Waals surface area contributed by atoms with Crippen LogP contribution in [0.25, 0.3) is 22.8 Å². The van der Waals surface area contributed by atoms with Crippen molar-refractivity contribution >= 4 is 28.8 Å². The SMILES string of the molecule is C=Cc1c(O)ccc(C)c1-n1c(N)c(C(N)=O)c2cnc(C)nc21. The lowest BCUT2D eigenvalue weighted by molar-refractivity contribution is 0.100. The highest BCUT2D eigenvalue weighted by Crippen LogP contribution is 2.36. The first-order valence-corrected chi connectivity index (χ1v) is 7.25. The number of anilines is 1. The summed E-state index contributed by atoms with van der Waals surface area (Å²) in [6, 6.07) is 3.33. The average molecular weight is 323 g/mol. The standard InChI is InChI=1S/C17H17N5O2/c1-4-10-12(23)6-5-8(2)14(10)22-15(18)13(16(19)24)11-7-20-9(3)21-17(11)22/h4-7,23H,1,18H2,2-3H3,(H2,19,24). The first kappa shape index (κ1) is 15.5. The van der Waals surface area contributed by atoms with Gasteiger partial charge in [0, 0.05) is 11.8 Å². The van der Waals surface area contributed by atoms with E-state index in [1.165, 1.54) is 12.3 Å². The number of nitrogens with two attached hydrogens (primary N) is 2. The summed E-state index contributed by atoms with van der Waals surface area (Å²) in [5.41, 5.74) is 14.2. The molecular formula is C17H17N5O2. The number of amides is 1. The van der Waals surface area contributed by atoms with Crippen LogP contribution in [0, 0.1) is 13.8 Å². The molecular weight excluding hydrogens is 306 g/mol. The quantitative estimate of drug-likeness (QED) is 0.681. The third-order valence-corrected chi connectivity index (χ3v) is 3.94. The lowest BCUT2D eigenvalue weighted by Crippen LogP contribution is -2.14. The highest BCUT2D eigenvalue weighted by atomic mass is 16.3. The van der Waals surface area contributed by atoms with E-state index in [0.29, 0.717) is 28.1 Å². The van der Waals surface area contributed by atoms with Crippen molar-refractivity contribution < 1.29 is 9.90 Å². The van der Waals surface area contributed by atoms with Gasteiger partial charge in [-0.3, -0.25) is 9.36 Å². The molecule has 0 aliphatic heterocycles. The van der Waals surface area contributed by atoms with Gasteiger partial charge in [0.15, 0.2) is 5.65 Å². The molecule has 2 aromatic heterocycles. The number of hydrogen-bond acceptors (Lipinski definition) is 5. The van der Waals surface area contributed by atoms with Crippen LogP contribution in [0.5, 0.6) is 5.75 Å². The van der Waals surface area contributed by atoms with Gasteiger partial charge >= 0.3 is 0 Å². The fourth-order valence-electron chi connectivity index (χ4n) is 2.86. The molecule has 0 radical (unpaired) electrons. The van der Waals surface area contributed by atoms with Gasteiger partial charge in [0.25, 0.3) is 5.91 Å². The van der Waals surface area contributed by atoms with Crippen molar-refractivity contribution in [2.45, 2.75) is 13.8 Å². The summed E-state index contributed by atoms with van der Waals surface area (Å²) in [6.45, 7) is 7.35. The van der Waals surface area contributed by atoms with Crippen LogP contribution in [0.15, 0.2) is 24.9 Å². The highest BCUT2D eigenvalue weighted by Gasteiger charge is 2.24. The number of aromatic hydroxyl groups is 1. The Morgan fingerprint density at radius 1 is 1.38 bits per heavy atom. The lowest BCUT2D eigenvalue weighted by atomic mass is 10.1. The second-order valence-corrected chi connectivity index (χ2v) is 5.48. The largest absolute Gasteiger partial charge is 0.507 e. The summed E-state index contributed by atoms with van der Waals surface area (Å²) in [7, 11) is 0. The van der Waals surface area contributed by atoms with Gasteiger partial charge in [0.2, 0.25) is 0 Å². The molecule has 122 valence electrons. The van der Waals surface area contributed by atoms with E-state index >= 15 is 0 Å². The number of carbonyl (C=O) groups is 1. The smallest absolute Gasteiger partial charge is 0.253 e. The van der Waals surface area contributed by atoms with Gasteiger partial charge in [0.1, 0.15) is 17.4 Å². The molecule has 1 aromatic carbocycles. The highest BCUT2D eigenvalue weighted by molar-refractivity contribution is 6.10. The number of phenolic OH excluding ortho intramolecular Hbond substituents is 1. The molecule has 0 fully saturated rings. The number of fused-ring (bicyclic) bond motifs is 1. The van der Waals surface area contributed by atoms with E-state index in [9.17, 15) is 9.90 Å². The molecule has 0 saturated carbocycles. The Balaban J connectivity index is 2.55. The topological polar surface area (TPSA) is 120 Å². The Bertz CT molecular complexity index is 1000. The van der Waals surface area contributed by atoms with Crippen molar-refractivity contribution in [1.82, 2.24) is 14.5 Å². The number of aryl methyl sites for hydroxylation is 2. The summed E-state index contributed by atoms with van der Waals surface area (Å²) >= 11 is 0. The van der Waals surface area contributed by atoms with Crippen LogP contribution in [0.4, 0.5) is 5.82 Å². The Kier molecular flexibility index (Phi) is 3.48. The molecule has 7 nitrogen and oxygen atoms in total. The van der Waals surface area contributed by atoms with Crippen molar-refractivity contribution in [2.24, 2.45) is 5.73 Å². The number of carbonyl (C=O) groups excluding carboxylic acids is 1. The average Bonchev–Trinajstić information content (AvgIpc) is 2.80. The molecule has 1 amide bonds. The van der Waals surface area contributed by atoms with Gasteiger partial charge in [-0.05, 0) is 25.5 Å². The Morgan fingerprint density at radius 3 is 2.71 bits per heavy atom. The second-order valence-electron chi connectivity index (χ2n) is 5.48. The first-order valence-electron chi connectivity index (χ1n) is 7.25. The molecule has 0 unspecified atom stereocenters. The molecule has 0 atom stereocenters. The Hall–Kier alpha value is -3.35. The van der Waals surface area contributed by atoms with Gasteiger partial charge in [-0.2, -0.15) is 0 Å². The zero-order chi connectivity index (χ0) is 17.6. The maximum Gasteiger partial charge on any atom is 0.253 e. The maximum absolute atomic E-state index is 11.9. The van der Waals surface area contributed by atoms with Gasteiger partial charge in [-0.15, -0.1) is 0 Å². The summed E-state index contributed by atoms with van der Waals surface area (Å²) in [4.78, 5) is 20.4. The van der Waals surface area contributed by atoms with E-state index in [0.717, 1.165) is 5.56 Å². The van der Waals surface area contributed by atoms with E-state index in [1.54, 1.807) is 23.6 Å². The van der Waals surface area contributed by atoms with E-state index < -0.39 is 5.91 Å². The number of hydrogen-bond donors (Lipinski definition) is 3. The normalized spacial score (nSPS) is 10.9. The second kappa shape index (κ2) is 5.38. The summed E-state index contributed by atoms with van der Waals surface area (Å²) in [5.74, 6) is 0.0596. The minimum Gasteiger partial charge on any atom is -0.507 e. The summed E-state index contributed by atoms with van der Waals surface area (Å²) in [6.07, 6.45) is 3.05. The molecule has 0 aliphatic carbocycles. The lowest BCUT2D eigenvalue weighted by Gasteiger charge is -2.15. The fraction of sp³-hybridized carbons (Fsp3) is 0.118. The van der Waals surface area contributed by atoms with Crippen LogP contribution in [0.3, 0.4) is 0 Å². The predicted octanol–water partition coefficient (Wildman–Crippen LogP) is 2.07. The van der Waals surface area contributed by atoms with Crippen LogP contribution < -0.4 is 11.5 Å². The molecule has 0 spiro atoms. The van der Waals surface area contributed by atoms with Gasteiger partial charge in [-0.25, -0.2) is 9.97 Å². The molecule has 3 rings (SSSR count). The van der Waals surface area contributed by atoms with Gasteiger partial charge < -0.3 is 16.6 Å². The minimum absolute atomic E-state index is 0.0539. The maximum atomic E-state index is 11.9. The molecule has 5 N–H and O–H groups in total. The van der Waals surface area contributed by atoms with Crippen LogP contribution in [0.1, 0.15) is 27.3 Å². The van der Waals surface area contributed by atoms with Crippen LogP contribution in [-0.4, -0.2) is 25.5 Å². The van der Waals surface area contributed by atoms with Crippen LogP contribution in [0.2, 0.25) is 0 Å². The third kappa shape index (κ3) is 2.10. The van der Waals surface area contributed by atoms with Crippen LogP contribution in [-0.2, 0) is 0 Å². The molecule has 3 aromatic rings. The van der Waals surface area contributed by atoms with E-state index in [-0.39, 0.29) is 17.1 Å². The molecule has 0 bridgehead atoms. The zero-order valence-electron chi connectivity index (χ0n) is 13.4. The number of primary amides is 1. The number of phenols is 1.